The number of carbonyl (C=O) groups excluding carboxylic acids is 1. The van der Waals surface area contributed by atoms with Gasteiger partial charge in [-0.25, -0.2) is 0 Å². The van der Waals surface area contributed by atoms with Gasteiger partial charge >= 0.3 is 0 Å². The van der Waals surface area contributed by atoms with E-state index in [0.29, 0.717) is 5.92 Å². The van der Waals surface area contributed by atoms with Gasteiger partial charge < -0.3 is 5.73 Å². The maximum atomic E-state index is 11.4. The molecule has 1 amide bonds. The van der Waals surface area contributed by atoms with E-state index < -0.39 is 0 Å². The lowest BCUT2D eigenvalue weighted by Crippen LogP contribution is -2.27. The van der Waals surface area contributed by atoms with E-state index in [0.717, 1.165) is 18.4 Å². The third-order valence-electron chi connectivity index (χ3n) is 2.73. The fraction of sp³-hybridized carbons (Fsp3) is 0.545. The predicted octanol–water partition coefficient (Wildman–Crippen LogP) is 2.75. The van der Waals surface area contributed by atoms with Crippen molar-refractivity contribution in [1.82, 2.24) is 0 Å². The Hall–Kier alpha value is -0.830. The molecule has 1 aromatic heterocycles. The van der Waals surface area contributed by atoms with Crippen LogP contribution in [0.1, 0.15) is 38.2 Å². The van der Waals surface area contributed by atoms with Gasteiger partial charge in [-0.1, -0.05) is 26.7 Å². The molecule has 78 valence electrons. The molecule has 0 radical (unpaired) electrons. The van der Waals surface area contributed by atoms with Crippen molar-refractivity contribution >= 4 is 17.2 Å². The van der Waals surface area contributed by atoms with E-state index in [-0.39, 0.29) is 11.8 Å². The fourth-order valence-corrected chi connectivity index (χ4v) is 2.58. The molecule has 1 rings (SSSR count). The molecule has 0 aromatic carbocycles. The van der Waals surface area contributed by atoms with E-state index in [1.165, 1.54) is 0 Å². The van der Waals surface area contributed by atoms with Crippen LogP contribution in [0, 0.1) is 5.92 Å². The second-order valence-electron chi connectivity index (χ2n) is 3.51. The number of rotatable bonds is 5. The summed E-state index contributed by atoms with van der Waals surface area (Å²) in [5.74, 6) is 0.0791. The molecular weight excluding hydrogens is 194 g/mol. The second kappa shape index (κ2) is 5.15. The van der Waals surface area contributed by atoms with Crippen molar-refractivity contribution in [3.05, 3.63) is 22.4 Å². The lowest BCUT2D eigenvalue weighted by molar-refractivity contribution is -0.120. The zero-order chi connectivity index (χ0) is 10.6. The van der Waals surface area contributed by atoms with Gasteiger partial charge in [-0.3, -0.25) is 4.79 Å². The number of carbonyl (C=O) groups is 1. The molecule has 2 N–H and O–H groups in total. The van der Waals surface area contributed by atoms with E-state index in [2.05, 4.69) is 13.8 Å². The summed E-state index contributed by atoms with van der Waals surface area (Å²) in [5.41, 5.74) is 6.53. The van der Waals surface area contributed by atoms with Crippen LogP contribution < -0.4 is 5.73 Å². The van der Waals surface area contributed by atoms with Crippen molar-refractivity contribution in [3.8, 4) is 0 Å². The van der Waals surface area contributed by atoms with E-state index in [9.17, 15) is 4.79 Å². The lowest BCUT2D eigenvalue weighted by atomic mass is 9.83. The van der Waals surface area contributed by atoms with E-state index >= 15 is 0 Å². The van der Waals surface area contributed by atoms with Crippen molar-refractivity contribution in [3.63, 3.8) is 0 Å². The Morgan fingerprint density at radius 3 is 2.50 bits per heavy atom. The minimum Gasteiger partial charge on any atom is -0.369 e. The van der Waals surface area contributed by atoms with Crippen LogP contribution >= 0.6 is 11.3 Å². The van der Waals surface area contributed by atoms with Crippen molar-refractivity contribution in [2.45, 2.75) is 32.6 Å². The van der Waals surface area contributed by atoms with Crippen molar-refractivity contribution in [2.24, 2.45) is 11.7 Å². The Morgan fingerprint density at radius 1 is 1.50 bits per heavy atom. The number of primary amides is 1. The first-order chi connectivity index (χ1) is 6.70. The molecule has 0 aliphatic carbocycles. The van der Waals surface area contributed by atoms with Crippen molar-refractivity contribution in [2.75, 3.05) is 0 Å². The summed E-state index contributed by atoms with van der Waals surface area (Å²) in [4.78, 5) is 11.4. The predicted molar refractivity (Wildman–Crippen MR) is 60.3 cm³/mol. The van der Waals surface area contributed by atoms with Crippen LogP contribution in [0.4, 0.5) is 0 Å². The Kier molecular flexibility index (Phi) is 4.14. The lowest BCUT2D eigenvalue weighted by Gasteiger charge is -2.21. The first kappa shape index (κ1) is 11.2. The highest BCUT2D eigenvalue weighted by Crippen LogP contribution is 2.30. The van der Waals surface area contributed by atoms with Gasteiger partial charge in [0.2, 0.25) is 5.91 Å². The molecular formula is C11H17NOS. The third-order valence-corrected chi connectivity index (χ3v) is 3.43. The molecule has 2 nitrogen and oxygen atoms in total. The Bertz CT molecular complexity index is 277. The second-order valence-corrected chi connectivity index (χ2v) is 4.29. The maximum absolute atomic E-state index is 11.4. The standard InChI is InChI=1S/C11H17NOS/c1-3-8(4-2)10(11(12)13)9-5-6-14-7-9/h5-8,10H,3-4H2,1-2H3,(H2,12,13). The fourth-order valence-electron chi connectivity index (χ4n) is 1.88. The average molecular weight is 211 g/mol. The van der Waals surface area contributed by atoms with Gasteiger partial charge in [0.15, 0.2) is 0 Å². The Labute approximate surface area is 89.1 Å². The molecule has 0 saturated heterocycles. The molecule has 3 heteroatoms. The highest BCUT2D eigenvalue weighted by atomic mass is 32.1. The molecule has 1 heterocycles. The molecule has 14 heavy (non-hydrogen) atoms. The zero-order valence-electron chi connectivity index (χ0n) is 8.69. The van der Waals surface area contributed by atoms with E-state index in [1.54, 1.807) is 11.3 Å². The average Bonchev–Trinajstić information content (AvgIpc) is 2.65. The van der Waals surface area contributed by atoms with Crippen molar-refractivity contribution in [1.29, 1.82) is 0 Å². The molecule has 0 bridgehead atoms. The first-order valence-electron chi connectivity index (χ1n) is 5.02. The maximum Gasteiger partial charge on any atom is 0.225 e. The third kappa shape index (κ3) is 2.35. The summed E-state index contributed by atoms with van der Waals surface area (Å²) >= 11 is 1.62. The van der Waals surface area contributed by atoms with Gasteiger partial charge in [-0.15, -0.1) is 0 Å². The Balaban J connectivity index is 2.89. The smallest absolute Gasteiger partial charge is 0.225 e. The summed E-state index contributed by atoms with van der Waals surface area (Å²) in [6.07, 6.45) is 2.00. The van der Waals surface area contributed by atoms with Crippen LogP contribution in [0.3, 0.4) is 0 Å². The topological polar surface area (TPSA) is 43.1 Å². The van der Waals surface area contributed by atoms with Gasteiger partial charge in [0.1, 0.15) is 0 Å². The minimum atomic E-state index is -0.197. The molecule has 1 aromatic rings. The first-order valence-corrected chi connectivity index (χ1v) is 5.96. The van der Waals surface area contributed by atoms with E-state index in [1.807, 2.05) is 16.8 Å². The van der Waals surface area contributed by atoms with Gasteiger partial charge in [-0.2, -0.15) is 11.3 Å². The zero-order valence-corrected chi connectivity index (χ0v) is 9.51. The molecule has 0 spiro atoms. The number of hydrogen-bond donors (Lipinski definition) is 1. The monoisotopic (exact) mass is 211 g/mol. The molecule has 1 atom stereocenters. The van der Waals surface area contributed by atoms with Crippen LogP contribution in [-0.4, -0.2) is 5.91 Å². The number of nitrogens with two attached hydrogens (primary N) is 1. The largest absolute Gasteiger partial charge is 0.369 e. The van der Waals surface area contributed by atoms with E-state index in [4.69, 9.17) is 5.73 Å². The van der Waals surface area contributed by atoms with Gasteiger partial charge in [0.05, 0.1) is 5.92 Å². The number of hydrogen-bond acceptors (Lipinski definition) is 2. The molecule has 0 fully saturated rings. The summed E-state index contributed by atoms with van der Waals surface area (Å²) < 4.78 is 0. The van der Waals surface area contributed by atoms with Crippen LogP contribution in [0.25, 0.3) is 0 Å². The quantitative estimate of drug-likeness (QED) is 0.799. The number of amides is 1. The summed E-state index contributed by atoms with van der Waals surface area (Å²) in [5, 5.41) is 4.02. The minimum absolute atomic E-state index is 0.101. The number of thiophene rings is 1. The summed E-state index contributed by atoms with van der Waals surface area (Å²) in [7, 11) is 0. The van der Waals surface area contributed by atoms with Crippen LogP contribution in [0.5, 0.6) is 0 Å². The molecule has 0 aliphatic rings. The normalized spacial score (nSPS) is 13.1. The van der Waals surface area contributed by atoms with Crippen LogP contribution in [-0.2, 0) is 4.79 Å². The van der Waals surface area contributed by atoms with Crippen LogP contribution in [0.2, 0.25) is 0 Å². The molecule has 1 unspecified atom stereocenters. The highest BCUT2D eigenvalue weighted by Gasteiger charge is 2.25. The van der Waals surface area contributed by atoms with Gasteiger partial charge in [0.25, 0.3) is 0 Å². The van der Waals surface area contributed by atoms with Crippen molar-refractivity contribution < 1.29 is 4.79 Å². The van der Waals surface area contributed by atoms with Crippen LogP contribution in [0.15, 0.2) is 16.8 Å². The summed E-state index contributed by atoms with van der Waals surface area (Å²) in [6.45, 7) is 4.22. The Morgan fingerprint density at radius 2 is 2.14 bits per heavy atom. The molecule has 0 saturated carbocycles. The molecule has 0 aliphatic heterocycles. The highest BCUT2D eigenvalue weighted by molar-refractivity contribution is 7.08. The SMILES string of the molecule is CCC(CC)C(C(N)=O)c1ccsc1. The van der Waals surface area contributed by atoms with Gasteiger partial charge in [0, 0.05) is 0 Å². The summed E-state index contributed by atoms with van der Waals surface area (Å²) in [6, 6.07) is 2.00. The van der Waals surface area contributed by atoms with Gasteiger partial charge in [-0.05, 0) is 28.3 Å².